The van der Waals surface area contributed by atoms with Gasteiger partial charge in [0, 0.05) is 36.8 Å². The lowest BCUT2D eigenvalue weighted by Crippen LogP contribution is -2.49. The minimum absolute atomic E-state index is 0.0417. The molecule has 1 aliphatic rings. The molecule has 0 bridgehead atoms. The zero-order chi connectivity index (χ0) is 17.8. The fourth-order valence-corrected chi connectivity index (χ4v) is 3.05. The molecule has 1 saturated heterocycles. The molecule has 7 heteroatoms. The van der Waals surface area contributed by atoms with Gasteiger partial charge < -0.3 is 14.7 Å². The second kappa shape index (κ2) is 7.58. The van der Waals surface area contributed by atoms with E-state index in [1.165, 1.54) is 0 Å². The number of likely N-dealkylation sites (N-methyl/N-ethyl adjacent to an activating group) is 1. The number of carboxylic acids is 1. The Kier molecular flexibility index (Phi) is 5.25. The normalized spacial score (nSPS) is 17.8. The number of fused-ring (bicyclic) bond motifs is 1. The summed E-state index contributed by atoms with van der Waals surface area (Å²) in [5.41, 5.74) is 1.48. The maximum atomic E-state index is 12.8. The molecule has 132 valence electrons. The highest BCUT2D eigenvalue weighted by Gasteiger charge is 2.26. The number of nitrogens with zero attached hydrogens (tertiary/aromatic N) is 3. The quantitative estimate of drug-likeness (QED) is 0.875. The third-order valence-electron chi connectivity index (χ3n) is 4.20. The van der Waals surface area contributed by atoms with Crippen LogP contribution >= 0.6 is 0 Å². The van der Waals surface area contributed by atoms with Crippen LogP contribution in [0.15, 0.2) is 36.5 Å². The number of hydrogen-bond acceptors (Lipinski definition) is 5. The van der Waals surface area contributed by atoms with E-state index in [-0.39, 0.29) is 18.6 Å². The summed E-state index contributed by atoms with van der Waals surface area (Å²) in [6.45, 7) is 1.85. The summed E-state index contributed by atoms with van der Waals surface area (Å²) in [7, 11) is 1.73. The zero-order valence-corrected chi connectivity index (χ0v) is 14.1. The van der Waals surface area contributed by atoms with Crippen molar-refractivity contribution in [2.75, 3.05) is 39.8 Å². The molecule has 25 heavy (non-hydrogen) atoms. The number of carbonyl (C=O) groups is 2. The Morgan fingerprint density at radius 2 is 2.24 bits per heavy atom. The molecule has 1 unspecified atom stereocenters. The van der Waals surface area contributed by atoms with Crippen LogP contribution in [0, 0.1) is 0 Å². The lowest BCUT2D eigenvalue weighted by molar-refractivity contribution is -0.138. The number of ether oxygens (including phenoxy) is 1. The number of carboxylic acid groups (broad SMARTS) is 1. The van der Waals surface area contributed by atoms with E-state index in [1.54, 1.807) is 29.1 Å². The van der Waals surface area contributed by atoms with Crippen molar-refractivity contribution in [2.45, 2.75) is 6.10 Å². The van der Waals surface area contributed by atoms with E-state index >= 15 is 0 Å². The van der Waals surface area contributed by atoms with Crippen molar-refractivity contribution < 1.29 is 19.4 Å². The van der Waals surface area contributed by atoms with Crippen LogP contribution in [-0.4, -0.2) is 77.7 Å². The van der Waals surface area contributed by atoms with Crippen LogP contribution in [0.5, 0.6) is 0 Å². The Balaban J connectivity index is 1.67. The van der Waals surface area contributed by atoms with Gasteiger partial charge in [-0.25, -0.2) is 0 Å². The summed E-state index contributed by atoms with van der Waals surface area (Å²) in [4.78, 5) is 31.3. The molecule has 7 nitrogen and oxygen atoms in total. The molecule has 1 aromatic carbocycles. The van der Waals surface area contributed by atoms with E-state index in [1.807, 2.05) is 24.3 Å². The van der Waals surface area contributed by atoms with E-state index in [2.05, 4.69) is 4.98 Å². The van der Waals surface area contributed by atoms with Crippen LogP contribution in [0.25, 0.3) is 10.9 Å². The first kappa shape index (κ1) is 17.3. The molecule has 1 N–H and O–H groups in total. The topological polar surface area (TPSA) is 83.0 Å². The van der Waals surface area contributed by atoms with Gasteiger partial charge in [0.2, 0.25) is 0 Å². The molecule has 1 fully saturated rings. The Morgan fingerprint density at radius 1 is 1.40 bits per heavy atom. The molecular formula is C18H21N3O4. The summed E-state index contributed by atoms with van der Waals surface area (Å²) in [5, 5.41) is 9.77. The molecular weight excluding hydrogens is 322 g/mol. The number of rotatable bonds is 5. The molecule has 0 saturated carbocycles. The van der Waals surface area contributed by atoms with Crippen molar-refractivity contribution in [1.82, 2.24) is 14.8 Å². The van der Waals surface area contributed by atoms with E-state index in [0.717, 1.165) is 10.9 Å². The fraction of sp³-hybridized carbons (Fsp3) is 0.389. The molecule has 0 aliphatic carbocycles. The van der Waals surface area contributed by atoms with E-state index in [9.17, 15) is 9.59 Å². The minimum Gasteiger partial charge on any atom is -0.480 e. The lowest BCUT2D eigenvalue weighted by Gasteiger charge is -2.34. The first-order valence-electron chi connectivity index (χ1n) is 8.19. The predicted octanol–water partition coefficient (Wildman–Crippen LogP) is 1.09. The maximum absolute atomic E-state index is 12.8. The number of benzene rings is 1. The number of hydrogen-bond donors (Lipinski definition) is 1. The molecule has 2 aromatic rings. The van der Waals surface area contributed by atoms with Gasteiger partial charge in [0.1, 0.15) is 0 Å². The second-order valence-corrected chi connectivity index (χ2v) is 6.25. The van der Waals surface area contributed by atoms with E-state index < -0.39 is 5.97 Å². The molecule has 1 aromatic heterocycles. The zero-order valence-electron chi connectivity index (χ0n) is 14.1. The minimum atomic E-state index is -0.879. The predicted molar refractivity (Wildman–Crippen MR) is 92.5 cm³/mol. The van der Waals surface area contributed by atoms with Gasteiger partial charge in [-0.15, -0.1) is 0 Å². The van der Waals surface area contributed by atoms with Gasteiger partial charge in [-0.05, 0) is 31.3 Å². The van der Waals surface area contributed by atoms with E-state index in [0.29, 0.717) is 31.8 Å². The summed E-state index contributed by atoms with van der Waals surface area (Å²) >= 11 is 0. The van der Waals surface area contributed by atoms with Gasteiger partial charge in [0.25, 0.3) is 5.91 Å². The van der Waals surface area contributed by atoms with Crippen LogP contribution in [0.4, 0.5) is 0 Å². The first-order valence-corrected chi connectivity index (χ1v) is 8.19. The van der Waals surface area contributed by atoms with Crippen molar-refractivity contribution >= 4 is 22.8 Å². The number of aromatic nitrogens is 1. The van der Waals surface area contributed by atoms with Crippen LogP contribution < -0.4 is 0 Å². The number of aliphatic carboxylic acids is 1. The van der Waals surface area contributed by atoms with Crippen LogP contribution in [0.3, 0.4) is 0 Å². The number of morpholine rings is 1. The summed E-state index contributed by atoms with van der Waals surface area (Å²) in [6, 6.07) is 9.27. The SMILES string of the molecule is CN(CC(=O)O)CC1CN(C(=O)c2ccc3ncccc3c2)CCO1. The van der Waals surface area contributed by atoms with Crippen molar-refractivity contribution in [3.8, 4) is 0 Å². The number of pyridine rings is 1. The molecule has 0 radical (unpaired) electrons. The van der Waals surface area contributed by atoms with Crippen molar-refractivity contribution in [3.63, 3.8) is 0 Å². The molecule has 1 amide bonds. The molecule has 2 heterocycles. The van der Waals surface area contributed by atoms with Gasteiger partial charge >= 0.3 is 5.97 Å². The Morgan fingerprint density at radius 3 is 3.04 bits per heavy atom. The van der Waals surface area contributed by atoms with Crippen LogP contribution in [0.1, 0.15) is 10.4 Å². The lowest BCUT2D eigenvalue weighted by atomic mass is 10.1. The summed E-state index contributed by atoms with van der Waals surface area (Å²) in [5.74, 6) is -0.920. The third kappa shape index (κ3) is 4.32. The maximum Gasteiger partial charge on any atom is 0.317 e. The number of carbonyl (C=O) groups excluding carboxylic acids is 1. The van der Waals surface area contributed by atoms with Crippen molar-refractivity contribution in [3.05, 3.63) is 42.1 Å². The monoisotopic (exact) mass is 343 g/mol. The Labute approximate surface area is 145 Å². The van der Waals surface area contributed by atoms with Crippen LogP contribution in [-0.2, 0) is 9.53 Å². The Bertz CT molecular complexity index is 780. The molecule has 1 aliphatic heterocycles. The first-order chi connectivity index (χ1) is 12.0. The van der Waals surface area contributed by atoms with Crippen LogP contribution in [0.2, 0.25) is 0 Å². The standard InChI is InChI=1S/C18H21N3O4/c1-20(12-17(22)23)10-15-11-21(7-8-25-15)18(24)14-4-5-16-13(9-14)3-2-6-19-16/h2-6,9,15H,7-8,10-12H2,1H3,(H,22,23). The Hall–Kier alpha value is -2.51. The third-order valence-corrected chi connectivity index (χ3v) is 4.20. The highest BCUT2D eigenvalue weighted by Crippen LogP contribution is 2.17. The highest BCUT2D eigenvalue weighted by atomic mass is 16.5. The molecule has 3 rings (SSSR count). The molecule has 1 atom stereocenters. The van der Waals surface area contributed by atoms with Gasteiger partial charge in [0.15, 0.2) is 0 Å². The summed E-state index contributed by atoms with van der Waals surface area (Å²) < 4.78 is 5.68. The average molecular weight is 343 g/mol. The van der Waals surface area contributed by atoms with Gasteiger partial charge in [-0.1, -0.05) is 6.07 Å². The smallest absolute Gasteiger partial charge is 0.317 e. The number of amides is 1. The van der Waals surface area contributed by atoms with Gasteiger partial charge in [-0.3, -0.25) is 19.5 Å². The largest absolute Gasteiger partial charge is 0.480 e. The van der Waals surface area contributed by atoms with Gasteiger partial charge in [-0.2, -0.15) is 0 Å². The molecule has 0 spiro atoms. The van der Waals surface area contributed by atoms with Crippen molar-refractivity contribution in [2.24, 2.45) is 0 Å². The highest BCUT2D eigenvalue weighted by molar-refractivity contribution is 5.98. The van der Waals surface area contributed by atoms with Crippen molar-refractivity contribution in [1.29, 1.82) is 0 Å². The van der Waals surface area contributed by atoms with Gasteiger partial charge in [0.05, 0.1) is 24.8 Å². The second-order valence-electron chi connectivity index (χ2n) is 6.25. The summed E-state index contributed by atoms with van der Waals surface area (Å²) in [6.07, 6.45) is 1.54. The fourth-order valence-electron chi connectivity index (χ4n) is 3.05. The average Bonchev–Trinajstić information content (AvgIpc) is 2.60. The van der Waals surface area contributed by atoms with E-state index in [4.69, 9.17) is 9.84 Å².